The molecule has 0 aliphatic carbocycles. The fourth-order valence-corrected chi connectivity index (χ4v) is 2.87. The molecule has 1 aromatic rings. The molecule has 1 unspecified atom stereocenters. The van der Waals surface area contributed by atoms with E-state index < -0.39 is 11.8 Å². The number of rotatable bonds is 12. The van der Waals surface area contributed by atoms with E-state index >= 15 is 0 Å². The van der Waals surface area contributed by atoms with Crippen molar-refractivity contribution in [2.75, 3.05) is 20.1 Å². The van der Waals surface area contributed by atoms with E-state index in [1.54, 1.807) is 7.05 Å². The predicted molar refractivity (Wildman–Crippen MR) is 112 cm³/mol. The molecule has 1 rings (SSSR count). The molecule has 0 saturated heterocycles. The predicted octanol–water partition coefficient (Wildman–Crippen LogP) is 2.52. The summed E-state index contributed by atoms with van der Waals surface area (Å²) < 4.78 is 0. The molecule has 7 nitrogen and oxygen atoms in total. The van der Waals surface area contributed by atoms with Crippen molar-refractivity contribution in [3.63, 3.8) is 0 Å². The second kappa shape index (κ2) is 12.9. The smallest absolute Gasteiger partial charge is 0.263 e. The topological polar surface area (TPSA) is 87.7 Å². The molecule has 1 atom stereocenters. The summed E-state index contributed by atoms with van der Waals surface area (Å²) >= 11 is 0. The van der Waals surface area contributed by atoms with Crippen LogP contribution >= 0.6 is 0 Å². The molecule has 0 heterocycles. The van der Waals surface area contributed by atoms with Crippen LogP contribution in [0.2, 0.25) is 0 Å². The van der Waals surface area contributed by atoms with Gasteiger partial charge in [-0.1, -0.05) is 58.0 Å². The van der Waals surface area contributed by atoms with Crippen molar-refractivity contribution in [2.45, 2.75) is 47.1 Å². The highest BCUT2D eigenvalue weighted by Crippen LogP contribution is 2.18. The van der Waals surface area contributed by atoms with Gasteiger partial charge < -0.3 is 10.2 Å². The van der Waals surface area contributed by atoms with Gasteiger partial charge in [0.15, 0.2) is 0 Å². The third-order valence-corrected chi connectivity index (χ3v) is 4.27. The Morgan fingerprint density at radius 1 is 1.00 bits per heavy atom. The van der Waals surface area contributed by atoms with Gasteiger partial charge in [0.1, 0.15) is 6.54 Å². The minimum atomic E-state index is -0.454. The number of carbonyl (C=O) groups is 3. The molecule has 0 radical (unpaired) electrons. The summed E-state index contributed by atoms with van der Waals surface area (Å²) in [5.41, 5.74) is 3.29. The first kappa shape index (κ1) is 24.6. The molecule has 0 aromatic heterocycles. The Morgan fingerprint density at radius 3 is 2.24 bits per heavy atom. The Hall–Kier alpha value is -2.41. The lowest BCUT2D eigenvalue weighted by molar-refractivity contribution is -0.144. The van der Waals surface area contributed by atoms with Crippen LogP contribution < -0.4 is 10.8 Å². The fourth-order valence-electron chi connectivity index (χ4n) is 2.87. The maximum absolute atomic E-state index is 12.8. The Kier molecular flexibility index (Phi) is 11.0. The number of hydrogen-bond acceptors (Lipinski definition) is 4. The molecule has 7 heteroatoms. The zero-order valence-corrected chi connectivity index (χ0v) is 18.2. The first-order valence-electron chi connectivity index (χ1n) is 10.1. The van der Waals surface area contributed by atoms with Gasteiger partial charge in [-0.25, -0.2) is 5.48 Å². The summed E-state index contributed by atoms with van der Waals surface area (Å²) in [7, 11) is 1.57. The highest BCUT2D eigenvalue weighted by Gasteiger charge is 2.26. The summed E-state index contributed by atoms with van der Waals surface area (Å²) in [6.45, 7) is 8.75. The SMILES string of the molecule is CC(C)CNC(=O)CC(CC(C)C)C(=O)N(C)CC(=O)NOCc1ccccc1. The summed E-state index contributed by atoms with van der Waals surface area (Å²) in [5.74, 6) is -0.605. The van der Waals surface area contributed by atoms with Gasteiger partial charge in [0.25, 0.3) is 5.91 Å². The monoisotopic (exact) mass is 405 g/mol. The quantitative estimate of drug-likeness (QED) is 0.523. The summed E-state index contributed by atoms with van der Waals surface area (Å²) in [6.07, 6.45) is 0.713. The molecule has 0 fully saturated rings. The summed E-state index contributed by atoms with van der Waals surface area (Å²) in [4.78, 5) is 43.6. The lowest BCUT2D eigenvalue weighted by Gasteiger charge is -2.24. The second-order valence-electron chi connectivity index (χ2n) is 8.22. The van der Waals surface area contributed by atoms with E-state index in [2.05, 4.69) is 10.8 Å². The molecule has 29 heavy (non-hydrogen) atoms. The number of likely N-dealkylation sites (N-methyl/N-ethyl adjacent to an activating group) is 1. The second-order valence-corrected chi connectivity index (χ2v) is 8.22. The first-order valence-corrected chi connectivity index (χ1v) is 10.1. The molecule has 0 bridgehead atoms. The molecule has 1 aromatic carbocycles. The Bertz CT molecular complexity index is 647. The van der Waals surface area contributed by atoms with E-state index in [1.807, 2.05) is 58.0 Å². The van der Waals surface area contributed by atoms with Crippen LogP contribution in [0, 0.1) is 17.8 Å². The molecule has 3 amide bonds. The number of nitrogens with one attached hydrogen (secondary N) is 2. The van der Waals surface area contributed by atoms with Gasteiger partial charge in [-0.05, 0) is 23.8 Å². The van der Waals surface area contributed by atoms with Crippen molar-refractivity contribution in [3.05, 3.63) is 35.9 Å². The molecule has 0 aliphatic heterocycles. The van der Waals surface area contributed by atoms with Crippen molar-refractivity contribution in [3.8, 4) is 0 Å². The van der Waals surface area contributed by atoms with Crippen molar-refractivity contribution in [1.82, 2.24) is 15.7 Å². The van der Waals surface area contributed by atoms with Crippen LogP contribution in [0.25, 0.3) is 0 Å². The van der Waals surface area contributed by atoms with Gasteiger partial charge in [-0.2, -0.15) is 0 Å². The lowest BCUT2D eigenvalue weighted by Crippen LogP contribution is -2.42. The third-order valence-electron chi connectivity index (χ3n) is 4.27. The standard InChI is InChI=1S/C22H35N3O4/c1-16(2)11-19(12-20(26)23-13-17(3)4)22(28)25(5)14-21(27)24-29-15-18-9-7-6-8-10-18/h6-10,16-17,19H,11-15H2,1-5H3,(H,23,26)(H,24,27). The number of benzene rings is 1. The lowest BCUT2D eigenvalue weighted by atomic mass is 9.92. The van der Waals surface area contributed by atoms with Crippen LogP contribution in [0.15, 0.2) is 30.3 Å². The number of carbonyl (C=O) groups excluding carboxylic acids is 3. The van der Waals surface area contributed by atoms with E-state index in [-0.39, 0.29) is 37.3 Å². The van der Waals surface area contributed by atoms with Crippen LogP contribution in [0.5, 0.6) is 0 Å². The van der Waals surface area contributed by atoms with Gasteiger partial charge in [-0.15, -0.1) is 0 Å². The molecular formula is C22H35N3O4. The van der Waals surface area contributed by atoms with Crippen molar-refractivity contribution >= 4 is 17.7 Å². The average Bonchev–Trinajstić information content (AvgIpc) is 2.65. The largest absolute Gasteiger partial charge is 0.356 e. The normalized spacial score (nSPS) is 12.0. The average molecular weight is 406 g/mol. The molecule has 0 aliphatic rings. The Labute approximate surface area is 174 Å². The Balaban J connectivity index is 2.51. The fraction of sp³-hybridized carbons (Fsp3) is 0.591. The molecule has 0 saturated carbocycles. The van der Waals surface area contributed by atoms with Crippen molar-refractivity contribution in [1.29, 1.82) is 0 Å². The van der Waals surface area contributed by atoms with Gasteiger partial charge in [0.05, 0.1) is 6.61 Å². The molecular weight excluding hydrogens is 370 g/mol. The molecule has 2 N–H and O–H groups in total. The van der Waals surface area contributed by atoms with E-state index in [1.165, 1.54) is 4.90 Å². The highest BCUT2D eigenvalue weighted by atomic mass is 16.6. The zero-order valence-electron chi connectivity index (χ0n) is 18.2. The van der Waals surface area contributed by atoms with Crippen LogP contribution in [0.4, 0.5) is 0 Å². The van der Waals surface area contributed by atoms with Gasteiger partial charge in [0.2, 0.25) is 11.8 Å². The van der Waals surface area contributed by atoms with Gasteiger partial charge in [-0.3, -0.25) is 19.2 Å². The van der Waals surface area contributed by atoms with Crippen LogP contribution in [0.3, 0.4) is 0 Å². The van der Waals surface area contributed by atoms with Crippen molar-refractivity contribution < 1.29 is 19.2 Å². The Morgan fingerprint density at radius 2 is 1.66 bits per heavy atom. The number of hydroxylamine groups is 1. The number of amides is 3. The number of hydrogen-bond donors (Lipinski definition) is 2. The summed E-state index contributed by atoms with van der Waals surface area (Å²) in [5, 5.41) is 2.85. The highest BCUT2D eigenvalue weighted by molar-refractivity contribution is 5.88. The van der Waals surface area contributed by atoms with Gasteiger partial charge >= 0.3 is 0 Å². The van der Waals surface area contributed by atoms with E-state index in [0.29, 0.717) is 18.9 Å². The summed E-state index contributed by atoms with van der Waals surface area (Å²) in [6, 6.07) is 9.46. The zero-order chi connectivity index (χ0) is 21.8. The molecule has 0 spiro atoms. The minimum Gasteiger partial charge on any atom is -0.356 e. The minimum absolute atomic E-state index is 0.125. The maximum atomic E-state index is 12.8. The van der Waals surface area contributed by atoms with E-state index in [0.717, 1.165) is 5.56 Å². The van der Waals surface area contributed by atoms with Crippen molar-refractivity contribution in [2.24, 2.45) is 17.8 Å². The number of nitrogens with zero attached hydrogens (tertiary/aromatic N) is 1. The van der Waals surface area contributed by atoms with Crippen LogP contribution in [-0.2, 0) is 25.8 Å². The van der Waals surface area contributed by atoms with E-state index in [9.17, 15) is 14.4 Å². The van der Waals surface area contributed by atoms with E-state index in [4.69, 9.17) is 4.84 Å². The first-order chi connectivity index (χ1) is 13.7. The molecule has 162 valence electrons. The van der Waals surface area contributed by atoms with Gasteiger partial charge in [0, 0.05) is 25.9 Å². The van der Waals surface area contributed by atoms with Crippen LogP contribution in [-0.4, -0.2) is 42.8 Å². The third kappa shape index (κ3) is 10.6. The maximum Gasteiger partial charge on any atom is 0.263 e. The van der Waals surface area contributed by atoms with Crippen LogP contribution in [0.1, 0.15) is 46.1 Å².